The van der Waals surface area contributed by atoms with Gasteiger partial charge in [-0.15, -0.1) is 0 Å². The fraction of sp³-hybridized carbons (Fsp3) is 0.286. The SMILES string of the molecule is CCn1ncc(N)c1C(=O)Nc1ccc(C)cc1C. The van der Waals surface area contributed by atoms with E-state index >= 15 is 0 Å². The van der Waals surface area contributed by atoms with Crippen LogP contribution < -0.4 is 11.1 Å². The van der Waals surface area contributed by atoms with Crippen molar-refractivity contribution in [2.45, 2.75) is 27.3 Å². The van der Waals surface area contributed by atoms with Crippen LogP contribution in [0.5, 0.6) is 0 Å². The molecule has 1 heterocycles. The molecule has 2 rings (SSSR count). The van der Waals surface area contributed by atoms with Crippen LogP contribution in [0.1, 0.15) is 28.5 Å². The Morgan fingerprint density at radius 2 is 2.16 bits per heavy atom. The minimum Gasteiger partial charge on any atom is -0.396 e. The number of amides is 1. The number of nitrogens with one attached hydrogen (secondary N) is 1. The van der Waals surface area contributed by atoms with Crippen LogP contribution in [0.15, 0.2) is 24.4 Å². The van der Waals surface area contributed by atoms with Crippen LogP contribution in [0.2, 0.25) is 0 Å². The minimum atomic E-state index is -0.233. The molecule has 0 fully saturated rings. The maximum atomic E-state index is 12.3. The molecule has 5 nitrogen and oxygen atoms in total. The molecule has 2 aromatic rings. The topological polar surface area (TPSA) is 72.9 Å². The molecule has 1 aromatic heterocycles. The quantitative estimate of drug-likeness (QED) is 0.887. The highest BCUT2D eigenvalue weighted by Crippen LogP contribution is 2.19. The van der Waals surface area contributed by atoms with Crippen molar-refractivity contribution in [2.24, 2.45) is 0 Å². The highest BCUT2D eigenvalue weighted by molar-refractivity contribution is 6.06. The van der Waals surface area contributed by atoms with E-state index in [-0.39, 0.29) is 5.91 Å². The first-order valence-electron chi connectivity index (χ1n) is 6.22. The van der Waals surface area contributed by atoms with Gasteiger partial charge in [0.25, 0.3) is 5.91 Å². The molecule has 0 aliphatic rings. The number of nitrogens with zero attached hydrogens (tertiary/aromatic N) is 2. The molecule has 0 aliphatic heterocycles. The Balaban J connectivity index is 2.28. The van der Waals surface area contributed by atoms with E-state index in [1.807, 2.05) is 39.0 Å². The Bertz CT molecular complexity index is 616. The van der Waals surface area contributed by atoms with E-state index in [2.05, 4.69) is 10.4 Å². The van der Waals surface area contributed by atoms with Gasteiger partial charge in [-0.3, -0.25) is 9.48 Å². The number of anilines is 2. The largest absolute Gasteiger partial charge is 0.396 e. The summed E-state index contributed by atoms with van der Waals surface area (Å²) in [5.41, 5.74) is 9.56. The molecule has 0 aliphatic carbocycles. The lowest BCUT2D eigenvalue weighted by molar-refractivity contribution is 0.101. The molecule has 0 unspecified atom stereocenters. The van der Waals surface area contributed by atoms with E-state index in [0.29, 0.717) is 17.9 Å². The van der Waals surface area contributed by atoms with Crippen molar-refractivity contribution in [3.8, 4) is 0 Å². The van der Waals surface area contributed by atoms with E-state index in [9.17, 15) is 4.79 Å². The zero-order valence-corrected chi connectivity index (χ0v) is 11.4. The monoisotopic (exact) mass is 258 g/mol. The molecule has 19 heavy (non-hydrogen) atoms. The van der Waals surface area contributed by atoms with Gasteiger partial charge in [-0.1, -0.05) is 17.7 Å². The predicted molar refractivity (Wildman–Crippen MR) is 76.2 cm³/mol. The summed E-state index contributed by atoms with van der Waals surface area (Å²) in [4.78, 5) is 12.3. The number of hydrogen-bond donors (Lipinski definition) is 2. The predicted octanol–water partition coefficient (Wildman–Crippen LogP) is 2.35. The standard InChI is InChI=1S/C14H18N4O/c1-4-18-13(11(15)8-16-18)14(19)17-12-6-5-9(2)7-10(12)3/h5-8H,4,15H2,1-3H3,(H,17,19). The molecule has 1 amide bonds. The van der Waals surface area contributed by atoms with Crippen LogP contribution in [-0.4, -0.2) is 15.7 Å². The van der Waals surface area contributed by atoms with Gasteiger partial charge in [-0.05, 0) is 32.4 Å². The first-order valence-corrected chi connectivity index (χ1v) is 6.22. The molecule has 0 atom stereocenters. The van der Waals surface area contributed by atoms with Crippen LogP contribution in [0.4, 0.5) is 11.4 Å². The summed E-state index contributed by atoms with van der Waals surface area (Å²) in [7, 11) is 0. The zero-order chi connectivity index (χ0) is 14.0. The van der Waals surface area contributed by atoms with Gasteiger partial charge < -0.3 is 11.1 Å². The Morgan fingerprint density at radius 3 is 2.79 bits per heavy atom. The summed E-state index contributed by atoms with van der Waals surface area (Å²) in [6.45, 7) is 6.50. The van der Waals surface area contributed by atoms with Gasteiger partial charge in [0, 0.05) is 12.2 Å². The lowest BCUT2D eigenvalue weighted by atomic mass is 10.1. The number of benzene rings is 1. The van der Waals surface area contributed by atoms with Crippen LogP contribution in [-0.2, 0) is 6.54 Å². The van der Waals surface area contributed by atoms with Gasteiger partial charge in [-0.2, -0.15) is 5.10 Å². The summed E-state index contributed by atoms with van der Waals surface area (Å²) in [5.74, 6) is -0.233. The number of aryl methyl sites for hydroxylation is 3. The second-order valence-corrected chi connectivity index (χ2v) is 4.54. The zero-order valence-electron chi connectivity index (χ0n) is 11.4. The minimum absolute atomic E-state index is 0.233. The highest BCUT2D eigenvalue weighted by atomic mass is 16.2. The molecule has 5 heteroatoms. The van der Waals surface area contributed by atoms with Gasteiger partial charge in [-0.25, -0.2) is 0 Å². The van der Waals surface area contributed by atoms with Crippen molar-refractivity contribution < 1.29 is 4.79 Å². The van der Waals surface area contributed by atoms with Crippen molar-refractivity contribution >= 4 is 17.3 Å². The van der Waals surface area contributed by atoms with Gasteiger partial charge >= 0.3 is 0 Å². The molecule has 100 valence electrons. The smallest absolute Gasteiger partial charge is 0.276 e. The maximum absolute atomic E-state index is 12.3. The molecular formula is C14H18N4O. The van der Waals surface area contributed by atoms with Crippen LogP contribution in [0.25, 0.3) is 0 Å². The lowest BCUT2D eigenvalue weighted by Gasteiger charge is -2.10. The first-order chi connectivity index (χ1) is 9.02. The van der Waals surface area contributed by atoms with Gasteiger partial charge in [0.05, 0.1) is 11.9 Å². The second kappa shape index (κ2) is 5.14. The van der Waals surface area contributed by atoms with Gasteiger partial charge in [0.1, 0.15) is 5.69 Å². The average Bonchev–Trinajstić information content (AvgIpc) is 2.74. The van der Waals surface area contributed by atoms with Crippen LogP contribution in [0, 0.1) is 13.8 Å². The van der Waals surface area contributed by atoms with Gasteiger partial charge in [0.2, 0.25) is 0 Å². The molecule has 3 N–H and O–H groups in total. The fourth-order valence-electron chi connectivity index (χ4n) is 2.02. The first kappa shape index (κ1) is 13.1. The Labute approximate surface area is 112 Å². The third-order valence-electron chi connectivity index (χ3n) is 3.01. The number of hydrogen-bond acceptors (Lipinski definition) is 3. The summed E-state index contributed by atoms with van der Waals surface area (Å²) in [5, 5.41) is 6.94. The Hall–Kier alpha value is -2.30. The lowest BCUT2D eigenvalue weighted by Crippen LogP contribution is -2.19. The maximum Gasteiger partial charge on any atom is 0.276 e. The van der Waals surface area contributed by atoms with E-state index < -0.39 is 0 Å². The average molecular weight is 258 g/mol. The van der Waals surface area contributed by atoms with Crippen molar-refractivity contribution in [1.82, 2.24) is 9.78 Å². The molecule has 0 bridgehead atoms. The summed E-state index contributed by atoms with van der Waals surface area (Å²) >= 11 is 0. The number of nitrogens with two attached hydrogens (primary N) is 1. The second-order valence-electron chi connectivity index (χ2n) is 4.54. The highest BCUT2D eigenvalue weighted by Gasteiger charge is 2.16. The fourth-order valence-corrected chi connectivity index (χ4v) is 2.02. The summed E-state index contributed by atoms with van der Waals surface area (Å²) in [6, 6.07) is 5.88. The Morgan fingerprint density at radius 1 is 1.42 bits per heavy atom. The summed E-state index contributed by atoms with van der Waals surface area (Å²) < 4.78 is 1.59. The number of aromatic nitrogens is 2. The van der Waals surface area contributed by atoms with Crippen molar-refractivity contribution in [1.29, 1.82) is 0 Å². The van der Waals surface area contributed by atoms with Gasteiger partial charge in [0.15, 0.2) is 0 Å². The number of nitrogen functional groups attached to an aromatic ring is 1. The molecule has 0 radical (unpaired) electrons. The number of carbonyl (C=O) groups is 1. The van der Waals surface area contributed by atoms with E-state index in [1.54, 1.807) is 4.68 Å². The third-order valence-corrected chi connectivity index (χ3v) is 3.01. The molecular weight excluding hydrogens is 240 g/mol. The third kappa shape index (κ3) is 2.59. The molecule has 0 spiro atoms. The Kier molecular flexibility index (Phi) is 3.55. The number of carbonyl (C=O) groups excluding carboxylic acids is 1. The number of rotatable bonds is 3. The normalized spacial score (nSPS) is 10.5. The molecule has 0 saturated heterocycles. The molecule has 1 aromatic carbocycles. The summed E-state index contributed by atoms with van der Waals surface area (Å²) in [6.07, 6.45) is 1.50. The van der Waals surface area contributed by atoms with E-state index in [1.165, 1.54) is 6.20 Å². The van der Waals surface area contributed by atoms with Crippen LogP contribution >= 0.6 is 0 Å². The van der Waals surface area contributed by atoms with Crippen molar-refractivity contribution in [2.75, 3.05) is 11.1 Å². The van der Waals surface area contributed by atoms with E-state index in [4.69, 9.17) is 5.73 Å². The van der Waals surface area contributed by atoms with E-state index in [0.717, 1.165) is 16.8 Å². The van der Waals surface area contributed by atoms with Crippen LogP contribution in [0.3, 0.4) is 0 Å². The van der Waals surface area contributed by atoms with Crippen molar-refractivity contribution in [3.05, 3.63) is 41.2 Å². The molecule has 0 saturated carbocycles. The van der Waals surface area contributed by atoms with Crippen molar-refractivity contribution in [3.63, 3.8) is 0 Å².